The van der Waals surface area contributed by atoms with E-state index in [0.717, 1.165) is 71.7 Å². The molecule has 1 amide bonds. The van der Waals surface area contributed by atoms with Gasteiger partial charge in [-0.25, -0.2) is 4.98 Å². The van der Waals surface area contributed by atoms with E-state index in [1.165, 1.54) is 6.20 Å². The summed E-state index contributed by atoms with van der Waals surface area (Å²) in [4.78, 5) is 24.1. The van der Waals surface area contributed by atoms with Crippen LogP contribution in [0.15, 0.2) is 103 Å². The van der Waals surface area contributed by atoms with Gasteiger partial charge < -0.3 is 24.6 Å². The summed E-state index contributed by atoms with van der Waals surface area (Å²) in [6.07, 6.45) is 0.730. The number of carbonyl (C=O) groups is 1. The number of aliphatic hydroxyl groups is 1. The molecular weight excluding hydrogens is 604 g/mol. The van der Waals surface area contributed by atoms with E-state index in [0.29, 0.717) is 12.1 Å². The maximum atomic E-state index is 12.9. The van der Waals surface area contributed by atoms with E-state index in [9.17, 15) is 9.90 Å². The summed E-state index contributed by atoms with van der Waals surface area (Å²) in [5.74, 6) is -0.159. The number of morpholine rings is 1. The quantitative estimate of drug-likeness (QED) is 0.206. The number of fused-ring (bicyclic) bond motifs is 1. The first-order chi connectivity index (χ1) is 23.5. The molecule has 2 aliphatic rings. The molecule has 0 saturated carbocycles. The minimum absolute atomic E-state index is 0.00620. The van der Waals surface area contributed by atoms with Crippen molar-refractivity contribution >= 4 is 16.9 Å². The molecular formula is C39H40N4O5. The van der Waals surface area contributed by atoms with Crippen LogP contribution in [0.25, 0.3) is 22.2 Å². The van der Waals surface area contributed by atoms with Gasteiger partial charge in [-0.15, -0.1) is 0 Å². The minimum atomic E-state index is -0.555. The van der Waals surface area contributed by atoms with E-state index in [4.69, 9.17) is 14.2 Å². The molecule has 0 aliphatic carbocycles. The SMILES string of the molecule is C[C@H]1[C@@H](CN2CCOCC2)O[C@@H](c2cccc(-c3cccc(CNC(=O)c4cnc5ccccc5n4)c3)c2)O[C@H]1c1ccc(CO)cc1. The van der Waals surface area contributed by atoms with Crippen molar-refractivity contribution in [2.45, 2.75) is 38.6 Å². The monoisotopic (exact) mass is 644 g/mol. The molecule has 0 bridgehead atoms. The number of nitrogens with zero attached hydrogens (tertiary/aromatic N) is 3. The molecule has 1 aromatic heterocycles. The number of rotatable bonds is 9. The number of hydrogen-bond donors (Lipinski definition) is 2. The number of ether oxygens (including phenoxy) is 3. The Balaban J connectivity index is 1.09. The van der Waals surface area contributed by atoms with Crippen LogP contribution in [0, 0.1) is 5.92 Å². The second-order valence-electron chi connectivity index (χ2n) is 12.5. The molecule has 9 heteroatoms. The second-order valence-corrected chi connectivity index (χ2v) is 12.5. The van der Waals surface area contributed by atoms with Gasteiger partial charge in [-0.3, -0.25) is 14.7 Å². The fourth-order valence-corrected chi connectivity index (χ4v) is 6.43. The van der Waals surface area contributed by atoms with Gasteiger partial charge in [-0.2, -0.15) is 0 Å². The zero-order valence-electron chi connectivity index (χ0n) is 27.0. The van der Waals surface area contributed by atoms with Crippen molar-refractivity contribution in [3.05, 3.63) is 131 Å². The van der Waals surface area contributed by atoms with Crippen LogP contribution in [0.1, 0.15) is 52.1 Å². The predicted molar refractivity (Wildman–Crippen MR) is 183 cm³/mol. The third-order valence-electron chi connectivity index (χ3n) is 9.22. The molecule has 7 rings (SSSR count). The Morgan fingerprint density at radius 3 is 2.40 bits per heavy atom. The molecule has 4 aromatic carbocycles. The fraction of sp³-hybridized carbons (Fsp3) is 0.308. The van der Waals surface area contributed by atoms with Crippen molar-refractivity contribution in [3.63, 3.8) is 0 Å². The van der Waals surface area contributed by atoms with E-state index in [1.807, 2.05) is 66.7 Å². The molecule has 0 radical (unpaired) electrons. The zero-order valence-corrected chi connectivity index (χ0v) is 27.0. The Labute approximate surface area is 280 Å². The average Bonchev–Trinajstić information content (AvgIpc) is 3.15. The molecule has 2 saturated heterocycles. The molecule has 4 atom stereocenters. The Morgan fingerprint density at radius 2 is 1.60 bits per heavy atom. The Hall–Kier alpha value is -4.51. The van der Waals surface area contributed by atoms with Crippen molar-refractivity contribution in [3.8, 4) is 11.1 Å². The van der Waals surface area contributed by atoms with Gasteiger partial charge in [-0.1, -0.05) is 79.7 Å². The van der Waals surface area contributed by atoms with Crippen LogP contribution in [0.5, 0.6) is 0 Å². The van der Waals surface area contributed by atoms with E-state index < -0.39 is 6.29 Å². The normalized spacial score (nSPS) is 21.6. The fourth-order valence-electron chi connectivity index (χ4n) is 6.43. The van der Waals surface area contributed by atoms with Crippen molar-refractivity contribution in [2.75, 3.05) is 32.8 Å². The molecule has 2 aliphatic heterocycles. The first-order valence-corrected chi connectivity index (χ1v) is 16.5. The lowest BCUT2D eigenvalue weighted by Gasteiger charge is -2.43. The Bertz CT molecular complexity index is 1860. The van der Waals surface area contributed by atoms with Crippen LogP contribution >= 0.6 is 0 Å². The van der Waals surface area contributed by atoms with E-state index in [-0.39, 0.29) is 36.3 Å². The van der Waals surface area contributed by atoms with Crippen LogP contribution in [-0.4, -0.2) is 64.8 Å². The third kappa shape index (κ3) is 7.31. The molecule has 5 aromatic rings. The van der Waals surface area contributed by atoms with E-state index in [1.54, 1.807) is 0 Å². The number of aromatic nitrogens is 2. The van der Waals surface area contributed by atoms with Gasteiger partial charge in [0.1, 0.15) is 5.69 Å². The van der Waals surface area contributed by atoms with Crippen LogP contribution in [0.3, 0.4) is 0 Å². The molecule has 2 N–H and O–H groups in total. The predicted octanol–water partition coefficient (Wildman–Crippen LogP) is 5.84. The maximum absolute atomic E-state index is 12.9. The molecule has 0 unspecified atom stereocenters. The summed E-state index contributed by atoms with van der Waals surface area (Å²) in [5, 5.41) is 12.6. The first-order valence-electron chi connectivity index (χ1n) is 16.5. The van der Waals surface area contributed by atoms with Gasteiger partial charge in [0.05, 0.1) is 49.3 Å². The van der Waals surface area contributed by atoms with Gasteiger partial charge in [0, 0.05) is 37.7 Å². The third-order valence-corrected chi connectivity index (χ3v) is 9.22. The molecule has 246 valence electrons. The number of nitrogens with one attached hydrogen (secondary N) is 1. The summed E-state index contributed by atoms with van der Waals surface area (Å²) >= 11 is 0. The smallest absolute Gasteiger partial charge is 0.271 e. The van der Waals surface area contributed by atoms with E-state index >= 15 is 0 Å². The molecule has 9 nitrogen and oxygen atoms in total. The highest BCUT2D eigenvalue weighted by atomic mass is 16.7. The van der Waals surface area contributed by atoms with Crippen LogP contribution < -0.4 is 5.32 Å². The van der Waals surface area contributed by atoms with Crippen LogP contribution in [-0.2, 0) is 27.4 Å². The van der Waals surface area contributed by atoms with Crippen molar-refractivity contribution in [1.29, 1.82) is 0 Å². The first kappa shape index (κ1) is 32.1. The molecule has 0 spiro atoms. The van der Waals surface area contributed by atoms with Crippen molar-refractivity contribution in [2.24, 2.45) is 5.92 Å². The summed E-state index contributed by atoms with van der Waals surface area (Å²) < 4.78 is 19.0. The number of aliphatic hydroxyl groups excluding tert-OH is 1. The largest absolute Gasteiger partial charge is 0.392 e. The lowest BCUT2D eigenvalue weighted by atomic mass is 9.89. The number of carbonyl (C=O) groups excluding carboxylic acids is 1. The summed E-state index contributed by atoms with van der Waals surface area (Å²) in [7, 11) is 0. The van der Waals surface area contributed by atoms with Gasteiger partial charge in [-0.05, 0) is 52.1 Å². The molecule has 48 heavy (non-hydrogen) atoms. The lowest BCUT2D eigenvalue weighted by Crippen LogP contribution is -2.47. The topological polar surface area (TPSA) is 106 Å². The average molecular weight is 645 g/mol. The summed E-state index contributed by atoms with van der Waals surface area (Å²) in [6, 6.07) is 31.9. The van der Waals surface area contributed by atoms with Gasteiger partial charge >= 0.3 is 0 Å². The zero-order chi connectivity index (χ0) is 32.9. The van der Waals surface area contributed by atoms with Crippen LogP contribution in [0.2, 0.25) is 0 Å². The second kappa shape index (κ2) is 14.7. The van der Waals surface area contributed by atoms with Crippen LogP contribution in [0.4, 0.5) is 0 Å². The standard InChI is InChI=1S/C39H40N4O5/c1-26-36(24-43-16-18-46-19-17-43)47-39(48-37(26)29-14-12-27(25-44)13-15-29)32-9-5-8-31(21-32)30-7-4-6-28(20-30)22-41-38(45)35-23-40-33-10-2-3-11-34(33)42-35/h2-15,20-21,23,26,36-37,39,44H,16-19,22,24-25H2,1H3,(H,41,45)/t26-,36+,37+,39+/m0/s1. The summed E-state index contributed by atoms with van der Waals surface area (Å²) in [5.41, 5.74) is 7.63. The van der Waals surface area contributed by atoms with Gasteiger partial charge in [0.25, 0.3) is 5.91 Å². The Kier molecular flexibility index (Phi) is 9.83. The molecule has 2 fully saturated rings. The highest BCUT2D eigenvalue weighted by molar-refractivity contribution is 5.93. The van der Waals surface area contributed by atoms with Gasteiger partial charge in [0.15, 0.2) is 6.29 Å². The maximum Gasteiger partial charge on any atom is 0.271 e. The highest BCUT2D eigenvalue weighted by Crippen LogP contribution is 2.42. The highest BCUT2D eigenvalue weighted by Gasteiger charge is 2.39. The number of para-hydroxylation sites is 2. The van der Waals surface area contributed by atoms with Crippen molar-refractivity contribution < 1.29 is 24.1 Å². The number of benzene rings is 4. The van der Waals surface area contributed by atoms with E-state index in [2.05, 4.69) is 57.4 Å². The van der Waals surface area contributed by atoms with Gasteiger partial charge in [0.2, 0.25) is 0 Å². The number of amides is 1. The minimum Gasteiger partial charge on any atom is -0.392 e. The Morgan fingerprint density at radius 1 is 0.854 bits per heavy atom. The van der Waals surface area contributed by atoms with Crippen molar-refractivity contribution in [1.82, 2.24) is 20.2 Å². The number of hydrogen-bond acceptors (Lipinski definition) is 8. The lowest BCUT2D eigenvalue weighted by molar-refractivity contribution is -0.277. The molecule has 3 heterocycles. The summed E-state index contributed by atoms with van der Waals surface area (Å²) in [6.45, 7) is 6.59.